The van der Waals surface area contributed by atoms with Gasteiger partial charge in [0.25, 0.3) is 0 Å². The number of hydrogen-bond acceptors (Lipinski definition) is 4. The van der Waals surface area contributed by atoms with Gasteiger partial charge in [0, 0.05) is 38.6 Å². The summed E-state index contributed by atoms with van der Waals surface area (Å²) < 4.78 is 0. The molecule has 0 aromatic heterocycles. The van der Waals surface area contributed by atoms with E-state index < -0.39 is 17.9 Å². The van der Waals surface area contributed by atoms with Gasteiger partial charge in [-0.2, -0.15) is 0 Å². The second kappa shape index (κ2) is 7.08. The van der Waals surface area contributed by atoms with E-state index in [1.807, 2.05) is 0 Å². The second-order valence-electron chi connectivity index (χ2n) is 4.86. The Bertz CT molecular complexity index is 349. The van der Waals surface area contributed by atoms with E-state index in [0.717, 1.165) is 13.1 Å². The van der Waals surface area contributed by atoms with Crippen molar-refractivity contribution in [2.24, 2.45) is 0 Å². The third kappa shape index (κ3) is 5.25. The molecule has 0 atom stereocenters. The molecule has 0 saturated carbocycles. The fourth-order valence-corrected chi connectivity index (χ4v) is 1.92. The first-order chi connectivity index (χ1) is 8.90. The summed E-state index contributed by atoms with van der Waals surface area (Å²) in [6.07, 6.45) is -0.437. The SMILES string of the molecule is CC(C)N1CCN(C(=O)NC(=O)CCC(=O)O)CC1. The zero-order chi connectivity index (χ0) is 14.4. The summed E-state index contributed by atoms with van der Waals surface area (Å²) >= 11 is 0. The van der Waals surface area contributed by atoms with Crippen molar-refractivity contribution >= 4 is 17.9 Å². The van der Waals surface area contributed by atoms with Crippen LogP contribution in [0.15, 0.2) is 0 Å². The van der Waals surface area contributed by atoms with Gasteiger partial charge < -0.3 is 10.0 Å². The van der Waals surface area contributed by atoms with Crippen LogP contribution in [0, 0.1) is 0 Å². The Kier molecular flexibility index (Phi) is 5.75. The van der Waals surface area contributed by atoms with E-state index >= 15 is 0 Å². The average Bonchev–Trinajstić information content (AvgIpc) is 2.36. The molecule has 0 aromatic rings. The number of hydrogen-bond donors (Lipinski definition) is 2. The van der Waals surface area contributed by atoms with E-state index in [9.17, 15) is 14.4 Å². The average molecular weight is 271 g/mol. The fourth-order valence-electron chi connectivity index (χ4n) is 1.92. The number of imide groups is 1. The van der Waals surface area contributed by atoms with Crippen molar-refractivity contribution < 1.29 is 19.5 Å². The summed E-state index contributed by atoms with van der Waals surface area (Å²) in [4.78, 5) is 37.2. The molecule has 2 N–H and O–H groups in total. The number of rotatable bonds is 4. The number of nitrogens with zero attached hydrogens (tertiary/aromatic N) is 2. The largest absolute Gasteiger partial charge is 0.481 e. The molecule has 19 heavy (non-hydrogen) atoms. The van der Waals surface area contributed by atoms with E-state index in [4.69, 9.17) is 5.11 Å². The van der Waals surface area contributed by atoms with Crippen molar-refractivity contribution in [2.75, 3.05) is 26.2 Å². The van der Waals surface area contributed by atoms with Gasteiger partial charge in [-0.05, 0) is 13.8 Å². The van der Waals surface area contributed by atoms with Gasteiger partial charge in [-0.3, -0.25) is 19.8 Å². The lowest BCUT2D eigenvalue weighted by molar-refractivity contribution is -0.138. The Labute approximate surface area is 112 Å². The molecule has 1 aliphatic heterocycles. The first kappa shape index (κ1) is 15.4. The quantitative estimate of drug-likeness (QED) is 0.757. The van der Waals surface area contributed by atoms with Crippen molar-refractivity contribution in [1.82, 2.24) is 15.1 Å². The van der Waals surface area contributed by atoms with Crippen LogP contribution in [0.2, 0.25) is 0 Å². The van der Waals surface area contributed by atoms with Crippen LogP contribution in [0.1, 0.15) is 26.7 Å². The van der Waals surface area contributed by atoms with Crippen LogP contribution in [0.25, 0.3) is 0 Å². The minimum atomic E-state index is -1.05. The molecule has 0 radical (unpaired) electrons. The van der Waals surface area contributed by atoms with Crippen molar-refractivity contribution in [3.63, 3.8) is 0 Å². The summed E-state index contributed by atoms with van der Waals surface area (Å²) in [5, 5.41) is 10.7. The number of nitrogens with one attached hydrogen (secondary N) is 1. The minimum Gasteiger partial charge on any atom is -0.481 e. The summed E-state index contributed by atoms with van der Waals surface area (Å²) in [5.74, 6) is -1.59. The lowest BCUT2D eigenvalue weighted by atomic mass is 10.2. The lowest BCUT2D eigenvalue weighted by Gasteiger charge is -2.36. The highest BCUT2D eigenvalue weighted by molar-refractivity contribution is 5.95. The summed E-state index contributed by atoms with van der Waals surface area (Å²) in [6.45, 7) is 6.94. The van der Waals surface area contributed by atoms with E-state index in [1.165, 1.54) is 0 Å². The molecule has 108 valence electrons. The Morgan fingerprint density at radius 1 is 1.11 bits per heavy atom. The monoisotopic (exact) mass is 271 g/mol. The zero-order valence-electron chi connectivity index (χ0n) is 11.4. The summed E-state index contributed by atoms with van der Waals surface area (Å²) in [7, 11) is 0. The maximum Gasteiger partial charge on any atom is 0.324 e. The van der Waals surface area contributed by atoms with Crippen molar-refractivity contribution in [2.45, 2.75) is 32.7 Å². The maximum absolute atomic E-state index is 11.8. The number of aliphatic carboxylic acids is 1. The molecule has 1 aliphatic rings. The van der Waals surface area contributed by atoms with Crippen LogP contribution in [0.3, 0.4) is 0 Å². The van der Waals surface area contributed by atoms with Crippen LogP contribution in [0.5, 0.6) is 0 Å². The first-order valence-electron chi connectivity index (χ1n) is 6.44. The minimum absolute atomic E-state index is 0.174. The van der Waals surface area contributed by atoms with Gasteiger partial charge in [0.1, 0.15) is 0 Å². The maximum atomic E-state index is 11.8. The van der Waals surface area contributed by atoms with Crippen molar-refractivity contribution in [3.8, 4) is 0 Å². The molecule has 1 fully saturated rings. The predicted molar refractivity (Wildman–Crippen MR) is 68.7 cm³/mol. The summed E-state index contributed by atoms with van der Waals surface area (Å²) in [6, 6.07) is 0.0150. The van der Waals surface area contributed by atoms with E-state index in [1.54, 1.807) is 4.90 Å². The summed E-state index contributed by atoms with van der Waals surface area (Å²) in [5.41, 5.74) is 0. The van der Waals surface area contributed by atoms with Gasteiger partial charge in [-0.25, -0.2) is 4.79 Å². The van der Waals surface area contributed by atoms with Crippen molar-refractivity contribution in [3.05, 3.63) is 0 Å². The molecule has 7 nitrogen and oxygen atoms in total. The third-order valence-corrected chi connectivity index (χ3v) is 3.14. The molecule has 0 aliphatic carbocycles. The Balaban J connectivity index is 2.31. The number of carboxylic acid groups (broad SMARTS) is 1. The smallest absolute Gasteiger partial charge is 0.324 e. The van der Waals surface area contributed by atoms with Crippen LogP contribution < -0.4 is 5.32 Å². The Hall–Kier alpha value is -1.63. The number of urea groups is 1. The van der Waals surface area contributed by atoms with Crippen LogP contribution in [-0.2, 0) is 9.59 Å². The first-order valence-corrected chi connectivity index (χ1v) is 6.44. The Morgan fingerprint density at radius 2 is 1.68 bits per heavy atom. The number of amides is 3. The van der Waals surface area contributed by atoms with Crippen molar-refractivity contribution in [1.29, 1.82) is 0 Å². The fraction of sp³-hybridized carbons (Fsp3) is 0.750. The number of carboxylic acids is 1. The van der Waals surface area contributed by atoms with E-state index in [2.05, 4.69) is 24.1 Å². The van der Waals surface area contributed by atoms with Gasteiger partial charge >= 0.3 is 12.0 Å². The van der Waals surface area contributed by atoms with Gasteiger partial charge in [-0.1, -0.05) is 0 Å². The molecule has 3 amide bonds. The molecule has 1 heterocycles. The molecular weight excluding hydrogens is 250 g/mol. The van der Waals surface area contributed by atoms with Gasteiger partial charge in [0.2, 0.25) is 5.91 Å². The second-order valence-corrected chi connectivity index (χ2v) is 4.86. The van der Waals surface area contributed by atoms with Gasteiger partial charge in [0.05, 0.1) is 6.42 Å². The lowest BCUT2D eigenvalue weighted by Crippen LogP contribution is -2.54. The van der Waals surface area contributed by atoms with E-state index in [0.29, 0.717) is 19.1 Å². The van der Waals surface area contributed by atoms with Crippen LogP contribution in [0.4, 0.5) is 4.79 Å². The normalized spacial score (nSPS) is 16.5. The molecule has 0 aromatic carbocycles. The number of carbonyl (C=O) groups is 3. The Morgan fingerprint density at radius 3 is 2.16 bits per heavy atom. The highest BCUT2D eigenvalue weighted by Crippen LogP contribution is 2.05. The number of piperazine rings is 1. The predicted octanol–water partition coefficient (Wildman–Crippen LogP) is 0.113. The molecular formula is C12H21N3O4. The molecule has 1 rings (SSSR count). The zero-order valence-corrected chi connectivity index (χ0v) is 11.4. The topological polar surface area (TPSA) is 90.0 Å². The molecule has 7 heteroatoms. The molecule has 0 bridgehead atoms. The molecule has 0 unspecified atom stereocenters. The number of carbonyl (C=O) groups excluding carboxylic acids is 2. The van der Waals surface area contributed by atoms with Gasteiger partial charge in [-0.15, -0.1) is 0 Å². The highest BCUT2D eigenvalue weighted by atomic mass is 16.4. The van der Waals surface area contributed by atoms with Crippen LogP contribution >= 0.6 is 0 Å². The van der Waals surface area contributed by atoms with Crippen LogP contribution in [-0.4, -0.2) is 65.0 Å². The standard InChI is InChI=1S/C12H21N3O4/c1-9(2)14-5-7-15(8-6-14)12(19)13-10(16)3-4-11(17)18/h9H,3-8H2,1-2H3,(H,17,18)(H,13,16,19). The van der Waals surface area contributed by atoms with Gasteiger partial charge in [0.15, 0.2) is 0 Å². The molecule has 1 saturated heterocycles. The molecule has 0 spiro atoms. The third-order valence-electron chi connectivity index (χ3n) is 3.14. The highest BCUT2D eigenvalue weighted by Gasteiger charge is 2.23. The van der Waals surface area contributed by atoms with E-state index in [-0.39, 0.29) is 12.8 Å².